The van der Waals surface area contributed by atoms with Crippen LogP contribution in [0.5, 0.6) is 5.75 Å². The third kappa shape index (κ3) is 1.48. The molecule has 0 aliphatic rings. The number of aromatic amines is 1. The Hall–Kier alpha value is -1.77. The summed E-state index contributed by atoms with van der Waals surface area (Å²) in [7, 11) is 0. The van der Waals surface area contributed by atoms with Gasteiger partial charge in [0.2, 0.25) is 0 Å². The number of aromatic nitrogens is 2. The Bertz CT molecular complexity index is 460. The Morgan fingerprint density at radius 1 is 1.21 bits per heavy atom. The number of hydrogen-bond donors (Lipinski definition) is 2. The molecule has 2 aromatic rings. The minimum atomic E-state index is 0.266. The van der Waals surface area contributed by atoms with E-state index >= 15 is 0 Å². The number of aryl methyl sites for hydroxylation is 2. The SMILES string of the molecule is Cc1ccc(O)c(-c2cc(C)[nH]n2)c1. The Kier molecular flexibility index (Phi) is 2.00. The van der Waals surface area contributed by atoms with Crippen molar-refractivity contribution in [3.8, 4) is 17.0 Å². The fourth-order valence-electron chi connectivity index (χ4n) is 1.41. The van der Waals surface area contributed by atoms with Gasteiger partial charge in [0.05, 0.1) is 5.69 Å². The van der Waals surface area contributed by atoms with Gasteiger partial charge in [-0.05, 0) is 32.0 Å². The van der Waals surface area contributed by atoms with Gasteiger partial charge in [-0.3, -0.25) is 5.10 Å². The van der Waals surface area contributed by atoms with Gasteiger partial charge >= 0.3 is 0 Å². The summed E-state index contributed by atoms with van der Waals surface area (Å²) in [4.78, 5) is 0. The Labute approximate surface area is 82.4 Å². The van der Waals surface area contributed by atoms with Crippen molar-refractivity contribution in [2.24, 2.45) is 0 Å². The molecule has 0 saturated heterocycles. The lowest BCUT2D eigenvalue weighted by molar-refractivity contribution is 0.477. The van der Waals surface area contributed by atoms with Gasteiger partial charge in [-0.2, -0.15) is 5.10 Å². The second kappa shape index (κ2) is 3.18. The van der Waals surface area contributed by atoms with E-state index in [2.05, 4.69) is 10.2 Å². The fraction of sp³-hybridized carbons (Fsp3) is 0.182. The van der Waals surface area contributed by atoms with Gasteiger partial charge in [-0.25, -0.2) is 0 Å². The standard InChI is InChI=1S/C11H12N2O/c1-7-3-4-11(14)9(5-7)10-6-8(2)12-13-10/h3-6,14H,1-2H3,(H,12,13). The van der Waals surface area contributed by atoms with Crippen molar-refractivity contribution in [3.05, 3.63) is 35.5 Å². The van der Waals surface area contributed by atoms with Crippen molar-refractivity contribution in [3.63, 3.8) is 0 Å². The van der Waals surface area contributed by atoms with Crippen molar-refractivity contribution in [2.45, 2.75) is 13.8 Å². The molecule has 3 heteroatoms. The van der Waals surface area contributed by atoms with E-state index in [4.69, 9.17) is 0 Å². The fourth-order valence-corrected chi connectivity index (χ4v) is 1.41. The summed E-state index contributed by atoms with van der Waals surface area (Å²) in [5.74, 6) is 0.266. The van der Waals surface area contributed by atoms with Crippen LogP contribution in [0.1, 0.15) is 11.3 Å². The van der Waals surface area contributed by atoms with E-state index in [1.54, 1.807) is 6.07 Å². The van der Waals surface area contributed by atoms with Gasteiger partial charge < -0.3 is 5.11 Å². The molecule has 1 heterocycles. The topological polar surface area (TPSA) is 48.9 Å². The van der Waals surface area contributed by atoms with E-state index in [-0.39, 0.29) is 5.75 Å². The summed E-state index contributed by atoms with van der Waals surface area (Å²) < 4.78 is 0. The summed E-state index contributed by atoms with van der Waals surface area (Å²) in [6.45, 7) is 3.92. The maximum Gasteiger partial charge on any atom is 0.125 e. The van der Waals surface area contributed by atoms with E-state index in [9.17, 15) is 5.11 Å². The molecule has 0 atom stereocenters. The number of H-pyrrole nitrogens is 1. The summed E-state index contributed by atoms with van der Waals surface area (Å²) >= 11 is 0. The number of phenols is 1. The first-order chi connectivity index (χ1) is 6.66. The van der Waals surface area contributed by atoms with E-state index < -0.39 is 0 Å². The number of phenolic OH excluding ortho intramolecular Hbond substituents is 1. The molecule has 0 fully saturated rings. The minimum Gasteiger partial charge on any atom is -0.507 e. The van der Waals surface area contributed by atoms with Crippen LogP contribution >= 0.6 is 0 Å². The van der Waals surface area contributed by atoms with Crippen LogP contribution in [0.15, 0.2) is 24.3 Å². The lowest BCUT2D eigenvalue weighted by Gasteiger charge is -2.01. The van der Waals surface area contributed by atoms with E-state index in [1.807, 2.05) is 32.0 Å². The second-order valence-electron chi connectivity index (χ2n) is 3.46. The summed E-state index contributed by atoms with van der Waals surface area (Å²) in [6, 6.07) is 7.40. The molecule has 0 amide bonds. The van der Waals surface area contributed by atoms with E-state index in [0.717, 1.165) is 22.5 Å². The van der Waals surface area contributed by atoms with Gasteiger partial charge in [0.1, 0.15) is 5.75 Å². The van der Waals surface area contributed by atoms with Crippen LogP contribution in [-0.2, 0) is 0 Å². The maximum atomic E-state index is 9.64. The molecular formula is C11H12N2O. The number of aromatic hydroxyl groups is 1. The molecule has 0 spiro atoms. The zero-order valence-corrected chi connectivity index (χ0v) is 8.20. The monoisotopic (exact) mass is 188 g/mol. The third-order valence-corrected chi connectivity index (χ3v) is 2.13. The molecule has 2 rings (SSSR count). The quantitative estimate of drug-likeness (QED) is 0.722. The summed E-state index contributed by atoms with van der Waals surface area (Å²) in [5, 5.41) is 16.6. The van der Waals surface area contributed by atoms with Gasteiger partial charge in [-0.15, -0.1) is 0 Å². The minimum absolute atomic E-state index is 0.266. The van der Waals surface area contributed by atoms with E-state index in [1.165, 1.54) is 0 Å². The molecule has 0 aliphatic carbocycles. The highest BCUT2D eigenvalue weighted by atomic mass is 16.3. The van der Waals surface area contributed by atoms with Gasteiger partial charge in [-0.1, -0.05) is 11.6 Å². The van der Waals surface area contributed by atoms with Crippen LogP contribution in [0.25, 0.3) is 11.3 Å². The molecular weight excluding hydrogens is 176 g/mol. The van der Waals surface area contributed by atoms with Crippen LogP contribution in [0.2, 0.25) is 0 Å². The highest BCUT2D eigenvalue weighted by molar-refractivity contribution is 5.67. The largest absolute Gasteiger partial charge is 0.507 e. The molecule has 1 aromatic carbocycles. The van der Waals surface area contributed by atoms with Crippen LogP contribution in [0.4, 0.5) is 0 Å². The van der Waals surface area contributed by atoms with Gasteiger partial charge in [0, 0.05) is 11.3 Å². The van der Waals surface area contributed by atoms with Crippen LogP contribution in [0.3, 0.4) is 0 Å². The Morgan fingerprint density at radius 3 is 2.64 bits per heavy atom. The summed E-state index contributed by atoms with van der Waals surface area (Å²) in [5.41, 5.74) is 3.65. The molecule has 0 saturated carbocycles. The zero-order valence-electron chi connectivity index (χ0n) is 8.20. The van der Waals surface area contributed by atoms with Crippen molar-refractivity contribution < 1.29 is 5.11 Å². The molecule has 0 radical (unpaired) electrons. The molecule has 72 valence electrons. The summed E-state index contributed by atoms with van der Waals surface area (Å²) in [6.07, 6.45) is 0. The average molecular weight is 188 g/mol. The van der Waals surface area contributed by atoms with Gasteiger partial charge in [0.25, 0.3) is 0 Å². The number of nitrogens with zero attached hydrogens (tertiary/aromatic N) is 1. The Balaban J connectivity index is 2.55. The smallest absolute Gasteiger partial charge is 0.125 e. The predicted octanol–water partition coefficient (Wildman–Crippen LogP) is 2.40. The number of hydrogen-bond acceptors (Lipinski definition) is 2. The zero-order chi connectivity index (χ0) is 10.1. The molecule has 0 bridgehead atoms. The normalized spacial score (nSPS) is 10.4. The average Bonchev–Trinajstić information content (AvgIpc) is 2.56. The molecule has 14 heavy (non-hydrogen) atoms. The van der Waals surface area contributed by atoms with Crippen LogP contribution in [-0.4, -0.2) is 15.3 Å². The molecule has 1 aromatic heterocycles. The lowest BCUT2D eigenvalue weighted by Crippen LogP contribution is -1.81. The van der Waals surface area contributed by atoms with Crippen molar-refractivity contribution in [2.75, 3.05) is 0 Å². The second-order valence-corrected chi connectivity index (χ2v) is 3.46. The highest BCUT2D eigenvalue weighted by Gasteiger charge is 2.06. The molecule has 0 aliphatic heterocycles. The first-order valence-electron chi connectivity index (χ1n) is 4.49. The molecule has 0 unspecified atom stereocenters. The van der Waals surface area contributed by atoms with Crippen LogP contribution < -0.4 is 0 Å². The lowest BCUT2D eigenvalue weighted by atomic mass is 10.1. The Morgan fingerprint density at radius 2 is 2.00 bits per heavy atom. The maximum absolute atomic E-state index is 9.64. The van der Waals surface area contributed by atoms with Crippen molar-refractivity contribution >= 4 is 0 Å². The number of benzene rings is 1. The van der Waals surface area contributed by atoms with Crippen LogP contribution in [0, 0.1) is 13.8 Å². The first-order valence-corrected chi connectivity index (χ1v) is 4.49. The van der Waals surface area contributed by atoms with E-state index in [0.29, 0.717) is 0 Å². The predicted molar refractivity (Wildman–Crippen MR) is 55.2 cm³/mol. The first kappa shape index (κ1) is 8.81. The number of nitrogens with one attached hydrogen (secondary N) is 1. The third-order valence-electron chi connectivity index (χ3n) is 2.13. The molecule has 3 nitrogen and oxygen atoms in total. The van der Waals surface area contributed by atoms with Gasteiger partial charge in [0.15, 0.2) is 0 Å². The molecule has 2 N–H and O–H groups in total. The number of rotatable bonds is 1. The van der Waals surface area contributed by atoms with Crippen molar-refractivity contribution in [1.29, 1.82) is 0 Å². The highest BCUT2D eigenvalue weighted by Crippen LogP contribution is 2.28. The van der Waals surface area contributed by atoms with Crippen molar-refractivity contribution in [1.82, 2.24) is 10.2 Å².